The minimum absolute atomic E-state index is 0.291. The van der Waals surface area contributed by atoms with Gasteiger partial charge in [-0.1, -0.05) is 13.8 Å². The van der Waals surface area contributed by atoms with Gasteiger partial charge in [-0.2, -0.15) is 0 Å². The summed E-state index contributed by atoms with van der Waals surface area (Å²) in [6, 6.07) is 6.19. The van der Waals surface area contributed by atoms with E-state index in [1.54, 1.807) is 12.1 Å². The second-order valence-electron chi connectivity index (χ2n) is 4.81. The Morgan fingerprint density at radius 3 is 2.22 bits per heavy atom. The van der Waals surface area contributed by atoms with E-state index in [-0.39, 0.29) is 5.91 Å². The smallest absolute Gasteiger partial charge is 0.337 e. The highest BCUT2D eigenvalue weighted by Crippen LogP contribution is 2.05. The van der Waals surface area contributed by atoms with E-state index in [1.165, 1.54) is 19.2 Å². The molecule has 1 aromatic carbocycles. The van der Waals surface area contributed by atoms with Crippen LogP contribution in [0.1, 0.15) is 34.6 Å². The summed E-state index contributed by atoms with van der Waals surface area (Å²) >= 11 is 5.11. The Morgan fingerprint density at radius 1 is 1.13 bits per heavy atom. The quantitative estimate of drug-likeness (QED) is 0.579. The fraction of sp³-hybridized carbons (Fsp3) is 0.438. The van der Waals surface area contributed by atoms with Crippen LogP contribution in [0.3, 0.4) is 0 Å². The number of nitrogens with one attached hydrogen (secondary N) is 2. The van der Waals surface area contributed by atoms with Crippen molar-refractivity contribution >= 4 is 29.2 Å². The van der Waals surface area contributed by atoms with Crippen LogP contribution in [0.5, 0.6) is 0 Å². The first-order valence-electron chi connectivity index (χ1n) is 7.51. The van der Waals surface area contributed by atoms with Crippen LogP contribution >= 0.6 is 12.2 Å². The highest BCUT2D eigenvalue weighted by atomic mass is 32.1. The van der Waals surface area contributed by atoms with E-state index < -0.39 is 5.97 Å². The molecule has 0 atom stereocenters. The van der Waals surface area contributed by atoms with Gasteiger partial charge in [-0.15, -0.1) is 0 Å². The molecule has 1 amide bonds. The Bertz CT molecular complexity index is 542. The number of benzene rings is 1. The van der Waals surface area contributed by atoms with Crippen molar-refractivity contribution in [2.45, 2.75) is 13.8 Å². The summed E-state index contributed by atoms with van der Waals surface area (Å²) in [5.41, 5.74) is 0.814. The molecule has 7 heteroatoms. The fourth-order valence-electron chi connectivity index (χ4n) is 1.96. The molecule has 0 saturated heterocycles. The van der Waals surface area contributed by atoms with Crippen LogP contribution in [0.4, 0.5) is 0 Å². The summed E-state index contributed by atoms with van der Waals surface area (Å²) in [4.78, 5) is 25.6. The minimum atomic E-state index is -0.439. The van der Waals surface area contributed by atoms with Gasteiger partial charge in [0.25, 0.3) is 5.91 Å². The van der Waals surface area contributed by atoms with Crippen molar-refractivity contribution in [3.05, 3.63) is 35.4 Å². The molecule has 6 nitrogen and oxygen atoms in total. The van der Waals surface area contributed by atoms with E-state index in [9.17, 15) is 9.59 Å². The maximum atomic E-state index is 12.0. The van der Waals surface area contributed by atoms with Crippen molar-refractivity contribution in [1.82, 2.24) is 15.5 Å². The second kappa shape index (κ2) is 9.91. The lowest BCUT2D eigenvalue weighted by molar-refractivity contribution is 0.0600. The standard InChI is InChI=1S/C16H23N3O3S/c1-4-19(5-2)11-10-17-16(23)18-14(20)12-6-8-13(9-7-12)15(21)22-3/h6-9H,4-5,10-11H2,1-3H3,(H2,17,18,20,23). The first-order chi connectivity index (χ1) is 11.0. The maximum absolute atomic E-state index is 12.0. The predicted octanol–water partition coefficient (Wildman–Crippen LogP) is 1.42. The van der Waals surface area contributed by atoms with Gasteiger partial charge in [0.05, 0.1) is 12.7 Å². The van der Waals surface area contributed by atoms with Gasteiger partial charge in [0.2, 0.25) is 0 Å². The molecule has 0 aliphatic rings. The van der Waals surface area contributed by atoms with Crippen molar-refractivity contribution < 1.29 is 14.3 Å². The topological polar surface area (TPSA) is 70.7 Å². The molecule has 0 radical (unpaired) electrons. The van der Waals surface area contributed by atoms with Gasteiger partial charge in [-0.05, 0) is 49.6 Å². The molecule has 0 aliphatic heterocycles. The van der Waals surface area contributed by atoms with Crippen LogP contribution < -0.4 is 10.6 Å². The first kappa shape index (κ1) is 19.1. The summed E-state index contributed by atoms with van der Waals surface area (Å²) in [6.45, 7) is 7.68. The number of rotatable bonds is 7. The molecule has 0 aromatic heterocycles. The third kappa shape index (κ3) is 6.33. The Hall–Kier alpha value is -1.99. The molecule has 0 aliphatic carbocycles. The molecule has 23 heavy (non-hydrogen) atoms. The van der Waals surface area contributed by atoms with Gasteiger partial charge < -0.3 is 15.0 Å². The number of carbonyl (C=O) groups excluding carboxylic acids is 2. The number of likely N-dealkylation sites (N-methyl/N-ethyl adjacent to an activating group) is 1. The number of amides is 1. The average molecular weight is 337 g/mol. The average Bonchev–Trinajstić information content (AvgIpc) is 2.58. The van der Waals surface area contributed by atoms with Crippen molar-refractivity contribution in [2.24, 2.45) is 0 Å². The second-order valence-corrected chi connectivity index (χ2v) is 5.21. The van der Waals surface area contributed by atoms with E-state index in [4.69, 9.17) is 12.2 Å². The molecule has 1 aromatic rings. The van der Waals surface area contributed by atoms with Crippen LogP contribution in [0.15, 0.2) is 24.3 Å². The summed E-state index contributed by atoms with van der Waals surface area (Å²) in [5, 5.41) is 5.91. The largest absolute Gasteiger partial charge is 0.465 e. The number of esters is 1. The van der Waals surface area contributed by atoms with Gasteiger partial charge in [-0.25, -0.2) is 4.79 Å². The van der Waals surface area contributed by atoms with E-state index in [0.717, 1.165) is 19.6 Å². The van der Waals surface area contributed by atoms with E-state index in [0.29, 0.717) is 22.8 Å². The molecule has 2 N–H and O–H groups in total. The minimum Gasteiger partial charge on any atom is -0.465 e. The van der Waals surface area contributed by atoms with Gasteiger partial charge in [0, 0.05) is 18.7 Å². The summed E-state index contributed by atoms with van der Waals surface area (Å²) < 4.78 is 4.61. The van der Waals surface area contributed by atoms with Crippen molar-refractivity contribution in [1.29, 1.82) is 0 Å². The Kier molecular flexibility index (Phi) is 8.21. The molecular formula is C16H23N3O3S. The van der Waals surface area contributed by atoms with Crippen LogP contribution in [0, 0.1) is 0 Å². The molecular weight excluding hydrogens is 314 g/mol. The third-order valence-electron chi connectivity index (χ3n) is 3.40. The monoisotopic (exact) mass is 337 g/mol. The normalized spacial score (nSPS) is 10.3. The molecule has 0 bridgehead atoms. The van der Waals surface area contributed by atoms with Gasteiger partial charge in [0.1, 0.15) is 0 Å². The predicted molar refractivity (Wildman–Crippen MR) is 93.6 cm³/mol. The summed E-state index contributed by atoms with van der Waals surface area (Å²) in [5.74, 6) is -0.757. The summed E-state index contributed by atoms with van der Waals surface area (Å²) in [6.07, 6.45) is 0. The molecule has 0 spiro atoms. The van der Waals surface area contributed by atoms with Crippen LogP contribution in [0.25, 0.3) is 0 Å². The number of methoxy groups -OCH3 is 1. The molecule has 1 rings (SSSR count). The number of nitrogens with zero attached hydrogens (tertiary/aromatic N) is 1. The molecule has 0 fully saturated rings. The van der Waals surface area contributed by atoms with Crippen LogP contribution in [0.2, 0.25) is 0 Å². The van der Waals surface area contributed by atoms with E-state index in [1.807, 2.05) is 0 Å². The first-order valence-corrected chi connectivity index (χ1v) is 7.92. The lowest BCUT2D eigenvalue weighted by atomic mass is 10.1. The highest BCUT2D eigenvalue weighted by Gasteiger charge is 2.10. The Morgan fingerprint density at radius 2 is 1.70 bits per heavy atom. The van der Waals surface area contributed by atoms with E-state index >= 15 is 0 Å². The highest BCUT2D eigenvalue weighted by molar-refractivity contribution is 7.80. The third-order valence-corrected chi connectivity index (χ3v) is 3.65. The molecule has 0 heterocycles. The summed E-state index contributed by atoms with van der Waals surface area (Å²) in [7, 11) is 1.31. The van der Waals surface area contributed by atoms with Gasteiger partial charge in [-0.3, -0.25) is 10.1 Å². The number of carbonyl (C=O) groups is 2. The maximum Gasteiger partial charge on any atom is 0.337 e. The van der Waals surface area contributed by atoms with Crippen LogP contribution in [-0.4, -0.2) is 55.2 Å². The van der Waals surface area contributed by atoms with E-state index in [2.05, 4.69) is 34.1 Å². The number of hydrogen-bond acceptors (Lipinski definition) is 5. The molecule has 0 saturated carbocycles. The number of hydrogen-bond donors (Lipinski definition) is 2. The Balaban J connectivity index is 2.46. The SMILES string of the molecule is CCN(CC)CCNC(=S)NC(=O)c1ccc(C(=O)OC)cc1. The lowest BCUT2D eigenvalue weighted by Gasteiger charge is -2.18. The molecule has 126 valence electrons. The van der Waals surface area contributed by atoms with Gasteiger partial charge in [0.15, 0.2) is 5.11 Å². The Labute approximate surface area is 142 Å². The van der Waals surface area contributed by atoms with Crippen LogP contribution in [-0.2, 0) is 4.74 Å². The van der Waals surface area contributed by atoms with Crippen molar-refractivity contribution in [3.8, 4) is 0 Å². The number of ether oxygens (including phenoxy) is 1. The van der Waals surface area contributed by atoms with Gasteiger partial charge >= 0.3 is 5.97 Å². The lowest BCUT2D eigenvalue weighted by Crippen LogP contribution is -2.42. The zero-order chi connectivity index (χ0) is 17.2. The van der Waals surface area contributed by atoms with Crippen molar-refractivity contribution in [3.63, 3.8) is 0 Å². The fourth-order valence-corrected chi connectivity index (χ4v) is 2.16. The van der Waals surface area contributed by atoms with Crippen molar-refractivity contribution in [2.75, 3.05) is 33.3 Å². The number of thiocarbonyl (C=S) groups is 1. The zero-order valence-electron chi connectivity index (χ0n) is 13.7. The molecule has 0 unspecified atom stereocenters. The zero-order valence-corrected chi connectivity index (χ0v) is 14.5.